The van der Waals surface area contributed by atoms with Gasteiger partial charge in [-0.15, -0.1) is 0 Å². The van der Waals surface area contributed by atoms with Crippen LogP contribution in [0.15, 0.2) is 12.1 Å². The number of methoxy groups -OCH3 is 1. The van der Waals surface area contributed by atoms with Crippen molar-refractivity contribution in [2.45, 2.75) is 44.6 Å². The minimum absolute atomic E-state index is 0.290. The number of pyridine rings is 1. The van der Waals surface area contributed by atoms with E-state index in [4.69, 9.17) is 15.2 Å². The number of aromatic nitrogens is 1. The fourth-order valence-electron chi connectivity index (χ4n) is 2.19. The van der Waals surface area contributed by atoms with Crippen molar-refractivity contribution in [1.82, 2.24) is 4.98 Å². The number of nitrogen functional groups attached to an aromatic ring is 1. The first-order chi connectivity index (χ1) is 8.29. The third-order valence-corrected chi connectivity index (χ3v) is 3.15. The van der Waals surface area contributed by atoms with Crippen LogP contribution in [0.1, 0.15) is 38.5 Å². The van der Waals surface area contributed by atoms with Crippen LogP contribution < -0.4 is 15.2 Å². The maximum absolute atomic E-state index is 5.89. The number of hydrogen-bond acceptors (Lipinski definition) is 4. The summed E-state index contributed by atoms with van der Waals surface area (Å²) in [6, 6.07) is 3.58. The van der Waals surface area contributed by atoms with Crippen molar-refractivity contribution in [3.8, 4) is 11.8 Å². The molecular weight excluding hydrogens is 216 g/mol. The van der Waals surface area contributed by atoms with Gasteiger partial charge in [-0.1, -0.05) is 12.8 Å². The van der Waals surface area contributed by atoms with Crippen molar-refractivity contribution in [2.24, 2.45) is 0 Å². The molecule has 0 bridgehead atoms. The maximum Gasteiger partial charge on any atom is 0.240 e. The fourth-order valence-corrected chi connectivity index (χ4v) is 2.19. The Morgan fingerprint density at radius 2 is 1.88 bits per heavy atom. The Bertz CT molecular complexity index is 360. The predicted octanol–water partition coefficient (Wildman–Crippen LogP) is 2.77. The molecular formula is C13H20N2O2. The normalized spacial score (nSPS) is 17.5. The maximum atomic E-state index is 5.89. The van der Waals surface area contributed by atoms with Gasteiger partial charge in [0, 0.05) is 6.07 Å². The molecule has 2 N–H and O–H groups in total. The molecule has 94 valence electrons. The second-order valence-corrected chi connectivity index (χ2v) is 4.48. The molecule has 4 heteroatoms. The van der Waals surface area contributed by atoms with Gasteiger partial charge < -0.3 is 15.2 Å². The minimum atomic E-state index is 0.290. The molecule has 1 heterocycles. The number of nitrogens with two attached hydrogens (primary N) is 1. The zero-order valence-electron chi connectivity index (χ0n) is 10.3. The fraction of sp³-hybridized carbons (Fsp3) is 0.615. The van der Waals surface area contributed by atoms with Gasteiger partial charge in [0.15, 0.2) is 0 Å². The van der Waals surface area contributed by atoms with Crippen molar-refractivity contribution in [1.29, 1.82) is 0 Å². The van der Waals surface area contributed by atoms with Gasteiger partial charge in [-0.25, -0.2) is 0 Å². The van der Waals surface area contributed by atoms with E-state index in [2.05, 4.69) is 4.98 Å². The van der Waals surface area contributed by atoms with Crippen LogP contribution in [0, 0.1) is 0 Å². The van der Waals surface area contributed by atoms with Crippen molar-refractivity contribution in [2.75, 3.05) is 12.8 Å². The largest absolute Gasteiger partial charge is 0.479 e. The number of ether oxygens (including phenoxy) is 2. The summed E-state index contributed by atoms with van der Waals surface area (Å²) in [5, 5.41) is 0. The lowest BCUT2D eigenvalue weighted by atomic mass is 10.1. The van der Waals surface area contributed by atoms with E-state index in [0.717, 1.165) is 12.8 Å². The van der Waals surface area contributed by atoms with Gasteiger partial charge in [-0.3, -0.25) is 0 Å². The first-order valence-corrected chi connectivity index (χ1v) is 6.27. The Balaban J connectivity index is 2.01. The van der Waals surface area contributed by atoms with Crippen LogP contribution in [0.3, 0.4) is 0 Å². The molecule has 4 nitrogen and oxygen atoms in total. The van der Waals surface area contributed by atoms with Crippen LogP contribution in [0.4, 0.5) is 5.69 Å². The Hall–Kier alpha value is -1.45. The number of anilines is 1. The zero-order valence-corrected chi connectivity index (χ0v) is 10.3. The average molecular weight is 236 g/mol. The van der Waals surface area contributed by atoms with Gasteiger partial charge in [0.25, 0.3) is 0 Å². The smallest absolute Gasteiger partial charge is 0.240 e. The first-order valence-electron chi connectivity index (χ1n) is 6.27. The molecule has 0 amide bonds. The van der Waals surface area contributed by atoms with E-state index in [-0.39, 0.29) is 0 Å². The molecule has 1 saturated carbocycles. The molecule has 1 aromatic heterocycles. The second kappa shape index (κ2) is 5.75. The summed E-state index contributed by atoms with van der Waals surface area (Å²) in [4.78, 5) is 4.25. The van der Waals surface area contributed by atoms with Crippen molar-refractivity contribution < 1.29 is 9.47 Å². The third kappa shape index (κ3) is 3.25. The van der Waals surface area contributed by atoms with E-state index in [0.29, 0.717) is 23.6 Å². The molecule has 17 heavy (non-hydrogen) atoms. The molecule has 1 aliphatic rings. The molecule has 1 aliphatic carbocycles. The molecule has 0 aliphatic heterocycles. The van der Waals surface area contributed by atoms with Gasteiger partial charge in [0.05, 0.1) is 12.8 Å². The molecule has 0 radical (unpaired) electrons. The van der Waals surface area contributed by atoms with Crippen LogP contribution >= 0.6 is 0 Å². The highest BCUT2D eigenvalue weighted by molar-refractivity contribution is 5.49. The Morgan fingerprint density at radius 1 is 1.18 bits per heavy atom. The van der Waals surface area contributed by atoms with Crippen LogP contribution in [-0.2, 0) is 0 Å². The standard InChI is InChI=1S/C13H20N2O2/c1-16-13-11(14)8-9-12(15-13)17-10-6-4-2-3-5-7-10/h8-10H,2-7,14H2,1H3. The first kappa shape index (κ1) is 12.0. The zero-order chi connectivity index (χ0) is 12.1. The SMILES string of the molecule is COc1nc(OC2CCCCCC2)ccc1N. The third-order valence-electron chi connectivity index (χ3n) is 3.15. The van der Waals surface area contributed by atoms with Gasteiger partial charge in [0.1, 0.15) is 6.10 Å². The average Bonchev–Trinajstić information content (AvgIpc) is 2.60. The number of rotatable bonds is 3. The van der Waals surface area contributed by atoms with Crippen LogP contribution in [0.25, 0.3) is 0 Å². The van der Waals surface area contributed by atoms with E-state index in [1.807, 2.05) is 6.07 Å². The highest BCUT2D eigenvalue weighted by Gasteiger charge is 2.15. The Morgan fingerprint density at radius 3 is 2.53 bits per heavy atom. The summed E-state index contributed by atoms with van der Waals surface area (Å²) in [7, 11) is 1.56. The van der Waals surface area contributed by atoms with E-state index in [1.54, 1.807) is 13.2 Å². The Kier molecular flexibility index (Phi) is 4.07. The van der Waals surface area contributed by atoms with Crippen LogP contribution in [0.2, 0.25) is 0 Å². The summed E-state index contributed by atoms with van der Waals surface area (Å²) in [5.41, 5.74) is 6.26. The molecule has 0 spiro atoms. The lowest BCUT2D eigenvalue weighted by molar-refractivity contribution is 0.174. The highest BCUT2D eigenvalue weighted by atomic mass is 16.5. The monoisotopic (exact) mass is 236 g/mol. The molecule has 2 rings (SSSR count). The summed E-state index contributed by atoms with van der Waals surface area (Å²) < 4.78 is 11.0. The van der Waals surface area contributed by atoms with Crippen molar-refractivity contribution in [3.05, 3.63) is 12.1 Å². The van der Waals surface area contributed by atoms with Crippen LogP contribution in [-0.4, -0.2) is 18.2 Å². The number of hydrogen-bond donors (Lipinski definition) is 1. The quantitative estimate of drug-likeness (QED) is 0.820. The predicted molar refractivity (Wildman–Crippen MR) is 67.3 cm³/mol. The van der Waals surface area contributed by atoms with Gasteiger partial charge in [-0.2, -0.15) is 4.98 Å². The van der Waals surface area contributed by atoms with Gasteiger partial charge >= 0.3 is 0 Å². The molecule has 1 fully saturated rings. The van der Waals surface area contributed by atoms with Crippen molar-refractivity contribution >= 4 is 5.69 Å². The van der Waals surface area contributed by atoms with Crippen molar-refractivity contribution in [3.63, 3.8) is 0 Å². The van der Waals surface area contributed by atoms with E-state index in [9.17, 15) is 0 Å². The Labute approximate surface area is 102 Å². The number of nitrogens with zero attached hydrogens (tertiary/aromatic N) is 1. The second-order valence-electron chi connectivity index (χ2n) is 4.48. The van der Waals surface area contributed by atoms with Gasteiger partial charge in [-0.05, 0) is 31.7 Å². The van der Waals surface area contributed by atoms with E-state index in [1.165, 1.54) is 25.7 Å². The topological polar surface area (TPSA) is 57.4 Å². The molecule has 0 unspecified atom stereocenters. The lowest BCUT2D eigenvalue weighted by Gasteiger charge is -2.16. The molecule has 1 aromatic rings. The van der Waals surface area contributed by atoms with Gasteiger partial charge in [0.2, 0.25) is 11.8 Å². The molecule has 0 saturated heterocycles. The minimum Gasteiger partial charge on any atom is -0.479 e. The summed E-state index contributed by atoms with van der Waals surface area (Å²) in [6.07, 6.45) is 7.66. The molecule has 0 aromatic carbocycles. The summed E-state index contributed by atoms with van der Waals surface area (Å²) >= 11 is 0. The lowest BCUT2D eigenvalue weighted by Crippen LogP contribution is -2.16. The summed E-state index contributed by atoms with van der Waals surface area (Å²) in [5.74, 6) is 1.05. The van der Waals surface area contributed by atoms with E-state index >= 15 is 0 Å². The van der Waals surface area contributed by atoms with E-state index < -0.39 is 0 Å². The summed E-state index contributed by atoms with van der Waals surface area (Å²) in [6.45, 7) is 0. The highest BCUT2D eigenvalue weighted by Crippen LogP contribution is 2.25. The van der Waals surface area contributed by atoms with Crippen LogP contribution in [0.5, 0.6) is 11.8 Å². The molecule has 0 atom stereocenters.